The van der Waals surface area contributed by atoms with Gasteiger partial charge in [0.15, 0.2) is 0 Å². The number of hydrogen-bond donors (Lipinski definition) is 1. The van der Waals surface area contributed by atoms with Gasteiger partial charge < -0.3 is 19.4 Å². The first-order valence-corrected chi connectivity index (χ1v) is 14.5. The predicted molar refractivity (Wildman–Crippen MR) is 164 cm³/mol. The third-order valence-electron chi connectivity index (χ3n) is 7.69. The van der Waals surface area contributed by atoms with Crippen LogP contribution >= 0.6 is 0 Å². The van der Waals surface area contributed by atoms with Crippen molar-refractivity contribution >= 4 is 17.1 Å². The van der Waals surface area contributed by atoms with Crippen LogP contribution in [0.2, 0.25) is 0 Å². The maximum atomic E-state index is 12.4. The van der Waals surface area contributed by atoms with Crippen LogP contribution in [0.25, 0.3) is 33.3 Å². The van der Waals surface area contributed by atoms with E-state index in [1.807, 2.05) is 62.2 Å². The molecule has 0 radical (unpaired) electrons. The Bertz CT molecular complexity index is 1680. The molecule has 0 aliphatic carbocycles. The zero-order valence-electron chi connectivity index (χ0n) is 24.6. The van der Waals surface area contributed by atoms with E-state index in [-0.39, 0.29) is 18.2 Å². The van der Waals surface area contributed by atoms with Crippen LogP contribution in [0.1, 0.15) is 52.1 Å². The van der Waals surface area contributed by atoms with Gasteiger partial charge in [-0.15, -0.1) is 0 Å². The molecule has 1 N–H and O–H groups in total. The summed E-state index contributed by atoms with van der Waals surface area (Å²) in [6.45, 7) is 9.06. The number of piperidine rings is 1. The molecule has 5 aromatic rings. The van der Waals surface area contributed by atoms with Crippen molar-refractivity contribution in [3.63, 3.8) is 0 Å². The summed E-state index contributed by atoms with van der Waals surface area (Å²) >= 11 is 0. The molecule has 0 saturated carbocycles. The number of pyridine rings is 1. The monoisotopic (exact) mass is 563 g/mol. The summed E-state index contributed by atoms with van der Waals surface area (Å²) in [7, 11) is 0. The Hall–Kier alpha value is -4.59. The molecule has 216 valence electrons. The van der Waals surface area contributed by atoms with Crippen molar-refractivity contribution in [2.45, 2.75) is 58.3 Å². The van der Waals surface area contributed by atoms with Crippen molar-refractivity contribution < 1.29 is 14.3 Å². The van der Waals surface area contributed by atoms with Gasteiger partial charge in [0, 0.05) is 66.6 Å². The Morgan fingerprint density at radius 2 is 1.76 bits per heavy atom. The van der Waals surface area contributed by atoms with Gasteiger partial charge in [-0.05, 0) is 57.0 Å². The van der Waals surface area contributed by atoms with Gasteiger partial charge in [0.05, 0.1) is 12.2 Å². The number of carbonyl (C=O) groups excluding carboxylic acids is 1. The van der Waals surface area contributed by atoms with Crippen LogP contribution in [-0.2, 0) is 4.74 Å². The highest BCUT2D eigenvalue weighted by atomic mass is 16.6. The Morgan fingerprint density at radius 3 is 2.52 bits per heavy atom. The smallest absolute Gasteiger partial charge is 0.410 e. The number of aromatic amines is 1. The first kappa shape index (κ1) is 27.6. The van der Waals surface area contributed by atoms with E-state index < -0.39 is 5.60 Å². The minimum atomic E-state index is -0.493. The summed E-state index contributed by atoms with van der Waals surface area (Å²) in [6.07, 6.45) is 9.22. The molecule has 2 aromatic carbocycles. The summed E-state index contributed by atoms with van der Waals surface area (Å²) in [5, 5.41) is 5.71. The van der Waals surface area contributed by atoms with Gasteiger partial charge in [0.2, 0.25) is 0 Å². The van der Waals surface area contributed by atoms with Crippen molar-refractivity contribution in [2.24, 2.45) is 0 Å². The summed E-state index contributed by atoms with van der Waals surface area (Å²) in [4.78, 5) is 22.2. The molecule has 42 heavy (non-hydrogen) atoms. The third-order valence-corrected chi connectivity index (χ3v) is 7.69. The van der Waals surface area contributed by atoms with Gasteiger partial charge in [0.25, 0.3) is 0 Å². The number of nitrogens with one attached hydrogen (secondary N) is 1. The number of benzene rings is 2. The lowest BCUT2D eigenvalue weighted by atomic mass is 10.0. The number of nitrogens with zero attached hydrogens (tertiary/aromatic N) is 4. The number of amides is 1. The highest BCUT2D eigenvalue weighted by molar-refractivity contribution is 5.95. The van der Waals surface area contributed by atoms with Crippen LogP contribution in [0.15, 0.2) is 85.5 Å². The molecule has 0 bridgehead atoms. The fourth-order valence-electron chi connectivity index (χ4n) is 5.40. The molecular weight excluding hydrogens is 526 g/mol. The molecule has 3 aromatic heterocycles. The number of hydrogen-bond acceptors (Lipinski definition) is 5. The molecule has 1 aliphatic heterocycles. The number of aromatic nitrogens is 4. The predicted octanol–water partition coefficient (Wildman–Crippen LogP) is 7.48. The SMILES string of the molecule is CC(c1ccccc1)n1cc(-c2c[nH]c3ncc(-c4cccc(OC5CCN(C(=O)OC(C)(C)C)CC5)c4)cc23)cn1. The number of likely N-dealkylation sites (tertiary alicyclic amines) is 1. The van der Waals surface area contributed by atoms with Gasteiger partial charge in [-0.25, -0.2) is 9.78 Å². The van der Waals surface area contributed by atoms with Crippen molar-refractivity contribution in [3.05, 3.63) is 91.0 Å². The van der Waals surface area contributed by atoms with E-state index in [9.17, 15) is 4.79 Å². The maximum Gasteiger partial charge on any atom is 0.410 e. The molecule has 0 spiro atoms. The number of H-pyrrole nitrogens is 1. The summed E-state index contributed by atoms with van der Waals surface area (Å²) in [5.41, 5.74) is 5.71. The highest BCUT2D eigenvalue weighted by Crippen LogP contribution is 2.33. The van der Waals surface area contributed by atoms with Gasteiger partial charge in [0.1, 0.15) is 23.1 Å². The Morgan fingerprint density at radius 1 is 0.976 bits per heavy atom. The summed E-state index contributed by atoms with van der Waals surface area (Å²) in [6, 6.07) is 20.8. The number of rotatable bonds is 6. The molecule has 8 heteroatoms. The average Bonchev–Trinajstić information content (AvgIpc) is 3.64. The van der Waals surface area contributed by atoms with Gasteiger partial charge in [-0.1, -0.05) is 42.5 Å². The first-order valence-electron chi connectivity index (χ1n) is 14.5. The standard InChI is InChI=1S/C34H37N5O3/c1-23(24-9-6-5-7-10-24)39-22-27(20-37-39)31-21-36-32-30(31)18-26(19-35-32)25-11-8-12-29(17-25)41-28-13-15-38(16-14-28)33(40)42-34(2,3)4/h5-12,17-23,28H,13-16H2,1-4H3,(H,35,36). The number of carbonyl (C=O) groups is 1. The lowest BCUT2D eigenvalue weighted by Gasteiger charge is -2.33. The molecule has 1 fully saturated rings. The number of ether oxygens (including phenoxy) is 2. The van der Waals surface area contributed by atoms with Crippen molar-refractivity contribution in [3.8, 4) is 28.0 Å². The second-order valence-corrected chi connectivity index (χ2v) is 11.9. The van der Waals surface area contributed by atoms with Crippen LogP contribution < -0.4 is 4.74 Å². The van der Waals surface area contributed by atoms with E-state index in [0.29, 0.717) is 13.1 Å². The van der Waals surface area contributed by atoms with Crippen LogP contribution in [0.5, 0.6) is 5.75 Å². The lowest BCUT2D eigenvalue weighted by molar-refractivity contribution is 0.0126. The molecule has 4 heterocycles. The van der Waals surface area contributed by atoms with E-state index >= 15 is 0 Å². The molecular formula is C34H37N5O3. The van der Waals surface area contributed by atoms with E-state index in [0.717, 1.165) is 51.9 Å². The van der Waals surface area contributed by atoms with Gasteiger partial charge in [-0.2, -0.15) is 5.10 Å². The minimum Gasteiger partial charge on any atom is -0.490 e. The summed E-state index contributed by atoms with van der Waals surface area (Å²) in [5.74, 6) is 0.814. The van der Waals surface area contributed by atoms with E-state index in [1.165, 1.54) is 5.56 Å². The normalized spacial score (nSPS) is 15.1. The third kappa shape index (κ3) is 6.03. The van der Waals surface area contributed by atoms with Crippen molar-refractivity contribution in [2.75, 3.05) is 13.1 Å². The van der Waals surface area contributed by atoms with Crippen molar-refractivity contribution in [1.82, 2.24) is 24.6 Å². The van der Waals surface area contributed by atoms with E-state index in [1.54, 1.807) is 4.90 Å². The zero-order chi connectivity index (χ0) is 29.3. The maximum absolute atomic E-state index is 12.4. The second-order valence-electron chi connectivity index (χ2n) is 11.9. The van der Waals surface area contributed by atoms with E-state index in [4.69, 9.17) is 14.5 Å². The average molecular weight is 564 g/mol. The van der Waals surface area contributed by atoms with Crippen molar-refractivity contribution in [1.29, 1.82) is 0 Å². The molecule has 1 aliphatic rings. The van der Waals surface area contributed by atoms with Gasteiger partial charge in [-0.3, -0.25) is 4.68 Å². The fourth-order valence-corrected chi connectivity index (χ4v) is 5.40. The van der Waals surface area contributed by atoms with Crippen LogP contribution in [0.3, 0.4) is 0 Å². The molecule has 6 rings (SSSR count). The minimum absolute atomic E-state index is 0.0469. The quantitative estimate of drug-likeness (QED) is 0.231. The first-order chi connectivity index (χ1) is 20.2. The molecule has 1 amide bonds. The van der Waals surface area contributed by atoms with Crippen LogP contribution in [0, 0.1) is 0 Å². The van der Waals surface area contributed by atoms with Crippen LogP contribution in [0.4, 0.5) is 4.79 Å². The topological polar surface area (TPSA) is 85.3 Å². The molecule has 8 nitrogen and oxygen atoms in total. The van der Waals surface area contributed by atoms with Crippen LogP contribution in [-0.4, -0.2) is 55.5 Å². The van der Waals surface area contributed by atoms with E-state index in [2.05, 4.69) is 65.7 Å². The Kier molecular flexibility index (Phi) is 7.45. The molecule has 1 saturated heterocycles. The van der Waals surface area contributed by atoms with Gasteiger partial charge >= 0.3 is 6.09 Å². The summed E-state index contributed by atoms with van der Waals surface area (Å²) < 4.78 is 13.9. The number of fused-ring (bicyclic) bond motifs is 1. The Balaban J connectivity index is 1.17. The largest absolute Gasteiger partial charge is 0.490 e. The molecule has 1 unspecified atom stereocenters. The zero-order valence-corrected chi connectivity index (χ0v) is 24.6. The lowest BCUT2D eigenvalue weighted by Crippen LogP contribution is -2.44. The molecule has 1 atom stereocenters. The Labute approximate surface area is 246 Å². The fraction of sp³-hybridized carbons (Fsp3) is 0.324. The highest BCUT2D eigenvalue weighted by Gasteiger charge is 2.27. The second kappa shape index (κ2) is 11.4.